The molecule has 0 bridgehead atoms. The molecule has 2 aromatic heterocycles. The van der Waals surface area contributed by atoms with Crippen LogP contribution in [0, 0.1) is 0 Å². The largest absolute Gasteiger partial charge is 0.506 e. The first kappa shape index (κ1) is 24.5. The minimum absolute atomic E-state index is 0.0243. The third-order valence-corrected chi connectivity index (χ3v) is 6.57. The summed E-state index contributed by atoms with van der Waals surface area (Å²) in [6, 6.07) is 24.9. The summed E-state index contributed by atoms with van der Waals surface area (Å²) in [7, 11) is 0. The smallest absolute Gasteiger partial charge is 0.143 e. The molecular weight excluding hydrogens is 496 g/mol. The number of fused-ring (bicyclic) bond motifs is 2. The topological polar surface area (TPSA) is 142 Å². The number of rotatable bonds is 8. The number of aromatic nitrogens is 6. The van der Waals surface area contributed by atoms with Crippen LogP contribution in [0.15, 0.2) is 84.9 Å². The zero-order valence-electron chi connectivity index (χ0n) is 20.8. The monoisotopic (exact) mass is 522 g/mol. The maximum atomic E-state index is 10.7. The lowest BCUT2D eigenvalue weighted by Crippen LogP contribution is -2.21. The van der Waals surface area contributed by atoms with Gasteiger partial charge in [-0.3, -0.25) is 0 Å². The van der Waals surface area contributed by atoms with Gasteiger partial charge in [0.1, 0.15) is 44.9 Å². The Morgan fingerprint density at radius 1 is 0.538 bits per heavy atom. The predicted molar refractivity (Wildman–Crippen MR) is 145 cm³/mol. The Balaban J connectivity index is 1.13. The quantitative estimate of drug-likeness (QED) is 0.238. The highest BCUT2D eigenvalue weighted by molar-refractivity contribution is 5.74. The molecule has 0 aliphatic heterocycles. The average Bonchev–Trinajstić information content (AvgIpc) is 3.55. The summed E-state index contributed by atoms with van der Waals surface area (Å²) in [6.45, 7) is 0. The molecule has 2 heterocycles. The standard InChI is InChI=1S/C29H26N6O4/c36-20(13-18-9-11-28(38)26(15-18)34-30-22-5-1-2-6-23(22)31-34)17-21(37)14-19-10-12-29(39)27(16-19)35-32-24-7-3-4-8-25(24)33-35/h1-12,15-16,20-21,36-39H,13-14,17H2. The van der Waals surface area contributed by atoms with Crippen molar-refractivity contribution < 1.29 is 20.4 Å². The van der Waals surface area contributed by atoms with Crippen molar-refractivity contribution in [3.05, 3.63) is 96.1 Å². The summed E-state index contributed by atoms with van der Waals surface area (Å²) in [6.07, 6.45) is -0.959. The van der Waals surface area contributed by atoms with E-state index in [9.17, 15) is 20.4 Å². The second-order valence-electron chi connectivity index (χ2n) is 9.55. The van der Waals surface area contributed by atoms with Crippen molar-refractivity contribution in [3.8, 4) is 22.9 Å². The zero-order valence-corrected chi connectivity index (χ0v) is 20.8. The van der Waals surface area contributed by atoms with Crippen LogP contribution < -0.4 is 0 Å². The minimum atomic E-state index is -0.822. The van der Waals surface area contributed by atoms with Crippen LogP contribution in [0.4, 0.5) is 0 Å². The summed E-state index contributed by atoms with van der Waals surface area (Å²) in [5, 5.41) is 59.9. The van der Waals surface area contributed by atoms with E-state index >= 15 is 0 Å². The Bertz CT molecular complexity index is 1580. The number of benzene rings is 4. The van der Waals surface area contributed by atoms with E-state index in [1.54, 1.807) is 36.4 Å². The van der Waals surface area contributed by atoms with E-state index in [0.29, 0.717) is 33.4 Å². The summed E-state index contributed by atoms with van der Waals surface area (Å²) >= 11 is 0. The van der Waals surface area contributed by atoms with Gasteiger partial charge in [0.05, 0.1) is 12.2 Å². The minimum Gasteiger partial charge on any atom is -0.506 e. The maximum Gasteiger partial charge on any atom is 0.143 e. The van der Waals surface area contributed by atoms with Gasteiger partial charge >= 0.3 is 0 Å². The van der Waals surface area contributed by atoms with Gasteiger partial charge in [0, 0.05) is 0 Å². The Morgan fingerprint density at radius 3 is 1.26 bits per heavy atom. The number of phenols is 2. The molecule has 10 nitrogen and oxygen atoms in total. The highest BCUT2D eigenvalue weighted by Gasteiger charge is 2.17. The molecule has 0 spiro atoms. The molecule has 10 heteroatoms. The van der Waals surface area contributed by atoms with Gasteiger partial charge < -0.3 is 20.4 Å². The first-order valence-electron chi connectivity index (χ1n) is 12.6. The van der Waals surface area contributed by atoms with Gasteiger partial charge in [-0.25, -0.2) is 0 Å². The summed E-state index contributed by atoms with van der Waals surface area (Å²) in [5.74, 6) is 0.0487. The van der Waals surface area contributed by atoms with Crippen molar-refractivity contribution in [1.29, 1.82) is 0 Å². The first-order chi connectivity index (χ1) is 18.9. The maximum absolute atomic E-state index is 10.7. The first-order valence-corrected chi connectivity index (χ1v) is 12.6. The number of phenolic OH excluding ortho intramolecular Hbond substituents is 2. The predicted octanol–water partition coefficient (Wildman–Crippen LogP) is 3.46. The number of hydrogen-bond acceptors (Lipinski definition) is 8. The van der Waals surface area contributed by atoms with E-state index in [2.05, 4.69) is 20.4 Å². The van der Waals surface area contributed by atoms with E-state index in [4.69, 9.17) is 0 Å². The van der Waals surface area contributed by atoms with Crippen LogP contribution in [0.1, 0.15) is 17.5 Å². The Labute approximate surface area is 223 Å². The van der Waals surface area contributed by atoms with E-state index in [0.717, 1.165) is 11.1 Å². The molecule has 0 radical (unpaired) electrons. The van der Waals surface area contributed by atoms with E-state index in [-0.39, 0.29) is 30.8 Å². The van der Waals surface area contributed by atoms with E-state index in [1.807, 2.05) is 48.5 Å². The molecule has 4 aromatic carbocycles. The lowest BCUT2D eigenvalue weighted by atomic mass is 9.98. The molecule has 2 atom stereocenters. The molecule has 0 saturated heterocycles. The van der Waals surface area contributed by atoms with Gasteiger partial charge in [0.2, 0.25) is 0 Å². The third kappa shape index (κ3) is 5.15. The van der Waals surface area contributed by atoms with Crippen molar-refractivity contribution in [3.63, 3.8) is 0 Å². The van der Waals surface area contributed by atoms with Gasteiger partial charge in [-0.2, -0.15) is 0 Å². The van der Waals surface area contributed by atoms with Crippen molar-refractivity contribution in [2.24, 2.45) is 0 Å². The van der Waals surface area contributed by atoms with E-state index in [1.165, 1.54) is 9.59 Å². The SMILES string of the molecule is Oc1ccc(CC(O)CC(O)Cc2ccc(O)c(-n3nc4ccccc4n3)c2)cc1-n1nc2ccccc2n1. The molecule has 0 aliphatic carbocycles. The fourth-order valence-corrected chi connectivity index (χ4v) is 4.67. The van der Waals surface area contributed by atoms with Crippen LogP contribution in [0.3, 0.4) is 0 Å². The van der Waals surface area contributed by atoms with Crippen molar-refractivity contribution in [1.82, 2.24) is 30.0 Å². The molecule has 39 heavy (non-hydrogen) atoms. The van der Waals surface area contributed by atoms with Gasteiger partial charge in [0.15, 0.2) is 0 Å². The van der Waals surface area contributed by atoms with Crippen molar-refractivity contribution >= 4 is 22.1 Å². The van der Waals surface area contributed by atoms with Gasteiger partial charge in [0.25, 0.3) is 0 Å². The lowest BCUT2D eigenvalue weighted by Gasteiger charge is -2.17. The Kier molecular flexibility index (Phi) is 6.39. The molecule has 0 aliphatic rings. The zero-order chi connectivity index (χ0) is 26.9. The highest BCUT2D eigenvalue weighted by Crippen LogP contribution is 2.26. The average molecular weight is 523 g/mol. The molecule has 4 N–H and O–H groups in total. The van der Waals surface area contributed by atoms with Crippen LogP contribution in [0.2, 0.25) is 0 Å². The third-order valence-electron chi connectivity index (χ3n) is 6.57. The fourth-order valence-electron chi connectivity index (χ4n) is 4.67. The summed E-state index contributed by atoms with van der Waals surface area (Å²) < 4.78 is 0. The molecule has 2 unspecified atom stereocenters. The Morgan fingerprint density at radius 2 is 0.897 bits per heavy atom. The highest BCUT2D eigenvalue weighted by atomic mass is 16.3. The summed E-state index contributed by atoms with van der Waals surface area (Å²) in [4.78, 5) is 2.76. The van der Waals surface area contributed by atoms with Gasteiger partial charge in [-0.05, 0) is 78.9 Å². The van der Waals surface area contributed by atoms with Crippen LogP contribution in [-0.4, -0.2) is 62.6 Å². The number of aromatic hydroxyl groups is 2. The molecule has 0 fully saturated rings. The van der Waals surface area contributed by atoms with Crippen LogP contribution in [0.5, 0.6) is 11.5 Å². The van der Waals surface area contributed by atoms with Crippen molar-refractivity contribution in [2.75, 3.05) is 0 Å². The van der Waals surface area contributed by atoms with Crippen LogP contribution in [-0.2, 0) is 12.8 Å². The fraction of sp³-hybridized carbons (Fsp3) is 0.172. The van der Waals surface area contributed by atoms with Crippen LogP contribution >= 0.6 is 0 Å². The number of aliphatic hydroxyl groups is 2. The molecule has 196 valence electrons. The molecule has 6 rings (SSSR count). The molecule has 0 saturated carbocycles. The van der Waals surface area contributed by atoms with E-state index < -0.39 is 12.2 Å². The van der Waals surface area contributed by atoms with Gasteiger partial charge in [-0.15, -0.1) is 30.0 Å². The second kappa shape index (κ2) is 10.2. The molecular formula is C29H26N6O4. The van der Waals surface area contributed by atoms with Gasteiger partial charge in [-0.1, -0.05) is 36.4 Å². The summed E-state index contributed by atoms with van der Waals surface area (Å²) in [5.41, 5.74) is 5.19. The number of hydrogen-bond donors (Lipinski definition) is 4. The lowest BCUT2D eigenvalue weighted by molar-refractivity contribution is 0.0810. The Hall–Kier alpha value is -4.80. The second-order valence-corrected chi connectivity index (χ2v) is 9.55. The van der Waals surface area contributed by atoms with Crippen LogP contribution in [0.25, 0.3) is 33.4 Å². The number of aliphatic hydroxyl groups excluding tert-OH is 2. The molecule has 6 aromatic rings. The van der Waals surface area contributed by atoms with Crippen molar-refractivity contribution in [2.45, 2.75) is 31.5 Å². The normalized spacial score (nSPS) is 13.2. The molecule has 0 amide bonds. The number of nitrogens with zero attached hydrogens (tertiary/aromatic N) is 6.